The standard InChI is InChI=1S/C4H3F3O3/c5-2(1-8)4(6,7)3(9)10/h1-2H,(H,9,10). The monoisotopic (exact) mass is 156 g/mol. The number of aliphatic carboxylic acids is 1. The normalized spacial score (nSPS) is 14.3. The minimum atomic E-state index is -4.61. The van der Waals surface area contributed by atoms with Gasteiger partial charge in [-0.05, 0) is 0 Å². The molecule has 1 N–H and O–H groups in total. The van der Waals surface area contributed by atoms with E-state index >= 15 is 0 Å². The Morgan fingerprint density at radius 1 is 1.60 bits per heavy atom. The van der Waals surface area contributed by atoms with Gasteiger partial charge in [0, 0.05) is 0 Å². The van der Waals surface area contributed by atoms with Crippen molar-refractivity contribution in [3.63, 3.8) is 0 Å². The number of rotatable bonds is 3. The lowest BCUT2D eigenvalue weighted by atomic mass is 10.2. The highest BCUT2D eigenvalue weighted by atomic mass is 19.3. The molecule has 0 aromatic heterocycles. The summed E-state index contributed by atoms with van der Waals surface area (Å²) in [5.74, 6) is -7.26. The van der Waals surface area contributed by atoms with Gasteiger partial charge in [0.1, 0.15) is 0 Å². The molecule has 1 atom stereocenters. The molecule has 0 rings (SSSR count). The predicted molar refractivity (Wildman–Crippen MR) is 23.5 cm³/mol. The van der Waals surface area contributed by atoms with Crippen molar-refractivity contribution in [3.05, 3.63) is 0 Å². The third-order valence-electron chi connectivity index (χ3n) is 0.751. The fourth-order valence-corrected chi connectivity index (χ4v) is 0.203. The zero-order chi connectivity index (χ0) is 8.36. The fraction of sp³-hybridized carbons (Fsp3) is 0.500. The molecule has 3 nitrogen and oxygen atoms in total. The number of hydrogen-bond donors (Lipinski definition) is 1. The molecule has 0 aliphatic carbocycles. The lowest BCUT2D eigenvalue weighted by molar-refractivity contribution is -0.175. The second kappa shape index (κ2) is 2.68. The molecule has 6 heteroatoms. The maximum Gasteiger partial charge on any atom is 0.379 e. The van der Waals surface area contributed by atoms with Crippen LogP contribution < -0.4 is 0 Å². The molecule has 0 radical (unpaired) electrons. The zero-order valence-corrected chi connectivity index (χ0v) is 4.55. The number of hydrogen-bond acceptors (Lipinski definition) is 2. The fourth-order valence-electron chi connectivity index (χ4n) is 0.203. The smallest absolute Gasteiger partial charge is 0.379 e. The Balaban J connectivity index is 4.38. The molecule has 0 amide bonds. The van der Waals surface area contributed by atoms with Gasteiger partial charge >= 0.3 is 11.9 Å². The zero-order valence-electron chi connectivity index (χ0n) is 4.55. The van der Waals surface area contributed by atoms with Crippen molar-refractivity contribution in [2.75, 3.05) is 0 Å². The van der Waals surface area contributed by atoms with Gasteiger partial charge < -0.3 is 5.11 Å². The first-order chi connectivity index (χ1) is 4.42. The van der Waals surface area contributed by atoms with E-state index < -0.39 is 24.3 Å². The van der Waals surface area contributed by atoms with Crippen LogP contribution in [-0.4, -0.2) is 29.5 Å². The number of carbonyl (C=O) groups excluding carboxylic acids is 1. The van der Waals surface area contributed by atoms with E-state index in [0.717, 1.165) is 0 Å². The molecule has 0 saturated carbocycles. The second-order valence-corrected chi connectivity index (χ2v) is 1.47. The maximum absolute atomic E-state index is 11.7. The van der Waals surface area contributed by atoms with Gasteiger partial charge in [0.15, 0.2) is 6.29 Å². The van der Waals surface area contributed by atoms with Crippen molar-refractivity contribution >= 4 is 12.3 Å². The summed E-state index contributed by atoms with van der Waals surface area (Å²) in [6, 6.07) is 0. The molecule has 58 valence electrons. The van der Waals surface area contributed by atoms with Crippen molar-refractivity contribution in [1.82, 2.24) is 0 Å². The molecule has 0 aliphatic heterocycles. The lowest BCUT2D eigenvalue weighted by Gasteiger charge is -2.09. The molecule has 0 aromatic carbocycles. The Morgan fingerprint density at radius 3 is 2.10 bits per heavy atom. The van der Waals surface area contributed by atoms with Crippen LogP contribution in [0.25, 0.3) is 0 Å². The van der Waals surface area contributed by atoms with Crippen LogP contribution >= 0.6 is 0 Å². The molecule has 0 bridgehead atoms. The summed E-state index contributed by atoms with van der Waals surface area (Å²) in [4.78, 5) is 18.8. The van der Waals surface area contributed by atoms with Crippen LogP contribution in [0.15, 0.2) is 0 Å². The highest BCUT2D eigenvalue weighted by Crippen LogP contribution is 2.19. The van der Waals surface area contributed by atoms with Crippen LogP contribution in [0.3, 0.4) is 0 Å². The van der Waals surface area contributed by atoms with Crippen LogP contribution in [-0.2, 0) is 9.59 Å². The molecule has 0 fully saturated rings. The van der Waals surface area contributed by atoms with Crippen LogP contribution in [0.2, 0.25) is 0 Å². The van der Waals surface area contributed by atoms with Crippen molar-refractivity contribution in [1.29, 1.82) is 0 Å². The summed E-state index contributed by atoms with van der Waals surface area (Å²) in [7, 11) is 0. The van der Waals surface area contributed by atoms with Gasteiger partial charge in [0.05, 0.1) is 0 Å². The van der Waals surface area contributed by atoms with Crippen molar-refractivity contribution in [2.24, 2.45) is 0 Å². The molecule has 0 heterocycles. The van der Waals surface area contributed by atoms with Gasteiger partial charge in [-0.2, -0.15) is 8.78 Å². The van der Waals surface area contributed by atoms with Gasteiger partial charge in [-0.15, -0.1) is 0 Å². The number of halogens is 3. The van der Waals surface area contributed by atoms with Gasteiger partial charge in [0.2, 0.25) is 6.17 Å². The van der Waals surface area contributed by atoms with E-state index in [9.17, 15) is 22.8 Å². The molecular weight excluding hydrogens is 153 g/mol. The van der Waals surface area contributed by atoms with Crippen molar-refractivity contribution < 1.29 is 27.9 Å². The quantitative estimate of drug-likeness (QED) is 0.595. The highest BCUT2D eigenvalue weighted by molar-refractivity contribution is 5.81. The largest absolute Gasteiger partial charge is 0.477 e. The minimum Gasteiger partial charge on any atom is -0.477 e. The van der Waals surface area contributed by atoms with E-state index in [1.54, 1.807) is 0 Å². The summed E-state index contributed by atoms with van der Waals surface area (Å²) in [6.45, 7) is 0. The third kappa shape index (κ3) is 1.46. The Hall–Kier alpha value is -1.07. The molecule has 0 aromatic rings. The van der Waals surface area contributed by atoms with E-state index in [1.165, 1.54) is 0 Å². The Bertz CT molecular complexity index is 156. The van der Waals surface area contributed by atoms with Gasteiger partial charge in [0.25, 0.3) is 0 Å². The molecule has 1 unspecified atom stereocenters. The maximum atomic E-state index is 11.7. The summed E-state index contributed by atoms with van der Waals surface area (Å²) >= 11 is 0. The summed E-state index contributed by atoms with van der Waals surface area (Å²) in [6.07, 6.45) is -4.03. The minimum absolute atomic E-state index is 0.756. The molecule has 0 saturated heterocycles. The van der Waals surface area contributed by atoms with E-state index in [-0.39, 0.29) is 0 Å². The molecular formula is C4H3F3O3. The van der Waals surface area contributed by atoms with Crippen molar-refractivity contribution in [3.8, 4) is 0 Å². The van der Waals surface area contributed by atoms with E-state index in [0.29, 0.717) is 0 Å². The van der Waals surface area contributed by atoms with Crippen LogP contribution in [0.4, 0.5) is 13.2 Å². The van der Waals surface area contributed by atoms with Crippen molar-refractivity contribution in [2.45, 2.75) is 12.1 Å². The second-order valence-electron chi connectivity index (χ2n) is 1.47. The first-order valence-corrected chi connectivity index (χ1v) is 2.13. The Labute approximate surface area is 53.4 Å². The van der Waals surface area contributed by atoms with Crippen LogP contribution in [0, 0.1) is 0 Å². The van der Waals surface area contributed by atoms with E-state index in [2.05, 4.69) is 0 Å². The number of aldehydes is 1. The lowest BCUT2D eigenvalue weighted by Crippen LogP contribution is -2.39. The SMILES string of the molecule is O=CC(F)C(F)(F)C(=O)O. The average molecular weight is 156 g/mol. The molecule has 10 heavy (non-hydrogen) atoms. The number of carboxylic acids is 1. The van der Waals surface area contributed by atoms with Gasteiger partial charge in [-0.25, -0.2) is 9.18 Å². The molecule has 0 spiro atoms. The highest BCUT2D eigenvalue weighted by Gasteiger charge is 2.48. The number of carbonyl (C=O) groups is 2. The van der Waals surface area contributed by atoms with Gasteiger partial charge in [-0.3, -0.25) is 4.79 Å². The summed E-state index contributed by atoms with van der Waals surface area (Å²) in [5, 5.41) is 7.59. The first kappa shape index (κ1) is 8.93. The average Bonchev–Trinajstić information content (AvgIpc) is 1.86. The molecule has 0 aliphatic rings. The van der Waals surface area contributed by atoms with Gasteiger partial charge in [-0.1, -0.05) is 0 Å². The summed E-state index contributed by atoms with van der Waals surface area (Å²) in [5.41, 5.74) is 0. The van der Waals surface area contributed by atoms with E-state index in [4.69, 9.17) is 5.11 Å². The number of carboxylic acid groups (broad SMARTS) is 1. The van der Waals surface area contributed by atoms with Crippen LogP contribution in [0.5, 0.6) is 0 Å². The van der Waals surface area contributed by atoms with Crippen LogP contribution in [0.1, 0.15) is 0 Å². The first-order valence-electron chi connectivity index (χ1n) is 2.13. The number of alkyl halides is 3. The Kier molecular flexibility index (Phi) is 2.39. The predicted octanol–water partition coefficient (Wildman–Crippen LogP) is 0.243. The summed E-state index contributed by atoms with van der Waals surface area (Å²) < 4.78 is 35.1. The Morgan fingerprint density at radius 2 is 2.00 bits per heavy atom. The van der Waals surface area contributed by atoms with E-state index in [1.807, 2.05) is 0 Å². The third-order valence-corrected chi connectivity index (χ3v) is 0.751. The topological polar surface area (TPSA) is 54.4 Å².